The van der Waals surface area contributed by atoms with Gasteiger partial charge in [0.05, 0.1) is 28.6 Å². The highest BCUT2D eigenvalue weighted by Gasteiger charge is 2.51. The van der Waals surface area contributed by atoms with Crippen LogP contribution in [0.2, 0.25) is 0 Å². The first kappa shape index (κ1) is 30.2. The van der Waals surface area contributed by atoms with Crippen molar-refractivity contribution in [3.63, 3.8) is 0 Å². The molecule has 0 spiro atoms. The van der Waals surface area contributed by atoms with Crippen molar-refractivity contribution < 1.29 is 42.4 Å². The van der Waals surface area contributed by atoms with Crippen molar-refractivity contribution in [3.8, 4) is 28.5 Å². The third-order valence-electron chi connectivity index (χ3n) is 9.47. The normalized spacial score (nSPS) is 27.8. The number of rotatable bonds is 9. The first-order valence-electron chi connectivity index (χ1n) is 15.5. The van der Waals surface area contributed by atoms with Gasteiger partial charge in [-0.15, -0.1) is 20.5 Å². The number of thioether (sulfide) groups is 1. The summed E-state index contributed by atoms with van der Waals surface area (Å²) in [4.78, 5) is 35.8. The molecule has 2 fully saturated rings. The summed E-state index contributed by atoms with van der Waals surface area (Å²) in [5.41, 5.74) is 4.49. The molecule has 4 atom stereocenters. The van der Waals surface area contributed by atoms with Gasteiger partial charge in [-0.2, -0.15) is 0 Å². The van der Waals surface area contributed by atoms with Crippen molar-refractivity contribution in [1.82, 2.24) is 10.3 Å². The summed E-state index contributed by atoms with van der Waals surface area (Å²) < 4.78 is 48.9. The predicted octanol–water partition coefficient (Wildman–Crippen LogP) is 3.82. The van der Waals surface area contributed by atoms with Gasteiger partial charge in [0, 0.05) is 16.7 Å². The molecule has 14 heteroatoms. The molecule has 1 aromatic carbocycles. The lowest BCUT2D eigenvalue weighted by molar-refractivity contribution is -0.286. The first-order chi connectivity index (χ1) is 22.3. The van der Waals surface area contributed by atoms with Crippen LogP contribution in [-0.2, 0) is 25.3 Å². The van der Waals surface area contributed by atoms with Gasteiger partial charge in [0.15, 0.2) is 11.5 Å². The van der Waals surface area contributed by atoms with Crippen molar-refractivity contribution in [3.05, 3.63) is 59.0 Å². The first-order valence-corrected chi connectivity index (χ1v) is 16.4. The number of nitrogens with two attached hydrogens (primary N) is 1. The Labute approximate surface area is 272 Å². The number of hydrogen-bond donors (Lipinski definition) is 3. The van der Waals surface area contributed by atoms with E-state index in [0.29, 0.717) is 35.3 Å². The zero-order chi connectivity index (χ0) is 32.9. The fraction of sp³-hybridized carbons (Fsp3) is 0.455. The molecule has 8 rings (SSSR count). The number of fused-ring (bicyclic) bond motifs is 3. The number of ether oxygens (including phenoxy) is 4. The number of nitrogens with zero attached hydrogens (tertiary/aromatic N) is 2. The zero-order valence-electron chi connectivity index (χ0n) is 25.5. The van der Waals surface area contributed by atoms with Gasteiger partial charge < -0.3 is 35.1 Å². The number of amides is 2. The summed E-state index contributed by atoms with van der Waals surface area (Å²) in [5.74, 6) is -0.699. The molecule has 47 heavy (non-hydrogen) atoms. The number of alkyl halides is 2. The van der Waals surface area contributed by atoms with Crippen LogP contribution >= 0.6 is 11.8 Å². The van der Waals surface area contributed by atoms with Crippen LogP contribution in [0, 0.1) is 5.92 Å². The number of halogens is 2. The van der Waals surface area contributed by atoms with Gasteiger partial charge in [-0.05, 0) is 75.8 Å². The minimum absolute atomic E-state index is 0.0640. The number of primary amides is 1. The van der Waals surface area contributed by atoms with Crippen LogP contribution in [0.15, 0.2) is 52.7 Å². The van der Waals surface area contributed by atoms with E-state index >= 15 is 0 Å². The number of carbonyl (C=O) groups excluding carboxylic acids is 2. The van der Waals surface area contributed by atoms with Crippen LogP contribution in [-0.4, -0.2) is 63.8 Å². The number of nitrogens with one attached hydrogen (secondary N) is 1. The molecule has 2 amide bonds. The fourth-order valence-corrected chi connectivity index (χ4v) is 7.53. The summed E-state index contributed by atoms with van der Waals surface area (Å²) >= 11 is 1.58. The van der Waals surface area contributed by atoms with Crippen molar-refractivity contribution in [2.75, 3.05) is 13.2 Å². The third kappa shape index (κ3) is 5.21. The van der Waals surface area contributed by atoms with Gasteiger partial charge in [-0.3, -0.25) is 14.6 Å². The Balaban J connectivity index is 1.14. The Morgan fingerprint density at radius 2 is 1.96 bits per heavy atom. The molecule has 6 aliphatic rings. The maximum absolute atomic E-state index is 13.8. The Kier molecular flexibility index (Phi) is 6.69. The smallest absolute Gasteiger partial charge is 0.492 e. The van der Waals surface area contributed by atoms with E-state index in [1.54, 1.807) is 30.8 Å². The van der Waals surface area contributed by atoms with E-state index in [1.807, 2.05) is 13.0 Å². The Bertz CT molecular complexity index is 1820. The Hall–Kier alpha value is -4.17. The molecule has 0 radical (unpaired) electrons. The molecule has 11 nitrogen and oxygen atoms in total. The van der Waals surface area contributed by atoms with Crippen LogP contribution in [0.4, 0.5) is 8.78 Å². The molecule has 246 valence electrons. The molecule has 4 heterocycles. The number of benzene rings is 1. The van der Waals surface area contributed by atoms with Crippen LogP contribution < -0.4 is 25.3 Å². The van der Waals surface area contributed by atoms with E-state index in [4.69, 9.17) is 25.2 Å². The number of hydrogen-bond acceptors (Lipinski definition) is 10. The highest BCUT2D eigenvalue weighted by molar-refractivity contribution is 8.14. The molecule has 1 aromatic heterocycles. The number of aliphatic hydroxyl groups is 1. The molecule has 3 aliphatic heterocycles. The zero-order valence-corrected chi connectivity index (χ0v) is 26.4. The van der Waals surface area contributed by atoms with E-state index < -0.39 is 23.2 Å². The van der Waals surface area contributed by atoms with Crippen LogP contribution in [0.3, 0.4) is 0 Å². The van der Waals surface area contributed by atoms with Crippen LogP contribution in [0.1, 0.15) is 50.8 Å². The second-order valence-electron chi connectivity index (χ2n) is 13.1. The van der Waals surface area contributed by atoms with Gasteiger partial charge in [0.25, 0.3) is 5.91 Å². The number of pyridine rings is 1. The second kappa shape index (κ2) is 10.4. The van der Waals surface area contributed by atoms with E-state index in [9.17, 15) is 23.5 Å². The standard InChI is InChI=1S/C33H32F2N4O7S/c1-15-38-27-23(44-19-6-7-19)10-17(11-24(27)47-15)29(40)37-13-32(42,18-4-5-18)25-12-20-28(43-14-31(20,2)30(36)41)26(39-25)16-3-8-21-22(9-16)46-33(34,35)45-21/h3,8-12,18-19,24,27,42H,4-7,13-14H2,1-2H3,(H2,36,41)(H,37,40)/t24?,27?,31-,32?/m0/s1. The summed E-state index contributed by atoms with van der Waals surface area (Å²) in [5, 5.41) is 16.1. The van der Waals surface area contributed by atoms with Crippen molar-refractivity contribution in [2.45, 2.75) is 74.2 Å². The van der Waals surface area contributed by atoms with Crippen LogP contribution in [0.25, 0.3) is 11.3 Å². The van der Waals surface area contributed by atoms with Crippen molar-refractivity contribution in [2.24, 2.45) is 16.6 Å². The lowest BCUT2D eigenvalue weighted by atomic mass is 9.81. The SMILES string of the molecule is CC1=NC2C(OC3CC3)=CC(C(=O)NCC(O)(c3cc4c(c(-c5ccc6c(c5)OC(F)(F)O6)n3)OC[C@]4(C)C(N)=O)C3CC3)=CC2S1. The number of carbonyl (C=O) groups is 2. The highest BCUT2D eigenvalue weighted by Crippen LogP contribution is 2.51. The summed E-state index contributed by atoms with van der Waals surface area (Å²) in [6.45, 7) is 3.32. The molecule has 0 bridgehead atoms. The lowest BCUT2D eigenvalue weighted by Gasteiger charge is -2.30. The number of aromatic nitrogens is 1. The molecule has 3 aliphatic carbocycles. The van der Waals surface area contributed by atoms with Gasteiger partial charge in [0.2, 0.25) is 5.91 Å². The Morgan fingerprint density at radius 3 is 2.68 bits per heavy atom. The highest BCUT2D eigenvalue weighted by atomic mass is 32.2. The summed E-state index contributed by atoms with van der Waals surface area (Å²) in [7, 11) is 0. The molecule has 2 aromatic rings. The van der Waals surface area contributed by atoms with Gasteiger partial charge in [-0.25, -0.2) is 4.98 Å². The Morgan fingerprint density at radius 1 is 1.19 bits per heavy atom. The molecule has 2 saturated carbocycles. The molecule has 0 saturated heterocycles. The van der Waals surface area contributed by atoms with E-state index in [1.165, 1.54) is 18.2 Å². The van der Waals surface area contributed by atoms with Gasteiger partial charge in [0.1, 0.15) is 40.9 Å². The largest absolute Gasteiger partial charge is 0.586 e. The van der Waals surface area contributed by atoms with E-state index in [0.717, 1.165) is 17.9 Å². The molecule has 3 unspecified atom stereocenters. The molecular formula is C33H32F2N4O7S. The van der Waals surface area contributed by atoms with Crippen molar-refractivity contribution in [1.29, 1.82) is 0 Å². The maximum atomic E-state index is 13.8. The summed E-state index contributed by atoms with van der Waals surface area (Å²) in [6.07, 6.45) is 3.24. The third-order valence-corrected chi connectivity index (χ3v) is 10.6. The van der Waals surface area contributed by atoms with Gasteiger partial charge >= 0.3 is 6.29 Å². The maximum Gasteiger partial charge on any atom is 0.586 e. The summed E-state index contributed by atoms with van der Waals surface area (Å²) in [6, 6.07) is 5.61. The quantitative estimate of drug-likeness (QED) is 0.362. The average molecular weight is 667 g/mol. The second-order valence-corrected chi connectivity index (χ2v) is 14.5. The lowest BCUT2D eigenvalue weighted by Crippen LogP contribution is -2.44. The fourth-order valence-electron chi connectivity index (χ4n) is 6.42. The minimum Gasteiger partial charge on any atom is -0.492 e. The molecule has 4 N–H and O–H groups in total. The average Bonchev–Trinajstić information content (AvgIpc) is 3.95. The topological polar surface area (TPSA) is 155 Å². The number of aliphatic imine (C=N–C) groups is 1. The van der Waals surface area contributed by atoms with Crippen molar-refractivity contribution >= 4 is 28.6 Å². The monoisotopic (exact) mass is 666 g/mol. The molecular weight excluding hydrogens is 634 g/mol. The van der Waals surface area contributed by atoms with E-state index in [-0.39, 0.29) is 71.0 Å². The predicted molar refractivity (Wildman–Crippen MR) is 166 cm³/mol. The minimum atomic E-state index is -3.82. The van der Waals surface area contributed by atoms with Gasteiger partial charge in [-0.1, -0.05) is 6.08 Å². The van der Waals surface area contributed by atoms with Crippen LogP contribution in [0.5, 0.6) is 17.2 Å². The van der Waals surface area contributed by atoms with E-state index in [2.05, 4.69) is 14.8 Å².